The van der Waals surface area contributed by atoms with Crippen molar-refractivity contribution in [1.82, 2.24) is 19.4 Å². The first-order valence-electron chi connectivity index (χ1n) is 18.8. The van der Waals surface area contributed by atoms with Crippen LogP contribution in [0.15, 0.2) is 65.9 Å². The van der Waals surface area contributed by atoms with Crippen molar-refractivity contribution < 1.29 is 28.7 Å². The van der Waals surface area contributed by atoms with Crippen molar-refractivity contribution in [3.8, 4) is 16.9 Å². The van der Waals surface area contributed by atoms with Gasteiger partial charge in [-0.3, -0.25) is 24.2 Å². The van der Waals surface area contributed by atoms with E-state index in [9.17, 15) is 19.2 Å². The van der Waals surface area contributed by atoms with E-state index in [1.807, 2.05) is 88.5 Å². The van der Waals surface area contributed by atoms with Gasteiger partial charge in [-0.1, -0.05) is 12.1 Å². The van der Waals surface area contributed by atoms with Gasteiger partial charge in [0.2, 0.25) is 5.91 Å². The molecule has 4 amide bonds. The maximum Gasteiger partial charge on any atom is 0.272 e. The summed E-state index contributed by atoms with van der Waals surface area (Å²) in [6.45, 7) is 10.1. The van der Waals surface area contributed by atoms with Gasteiger partial charge in [-0.05, 0) is 94.8 Å². The quantitative estimate of drug-likeness (QED) is 0.123. The molecule has 0 spiro atoms. The van der Waals surface area contributed by atoms with Crippen LogP contribution < -0.4 is 20.7 Å². The van der Waals surface area contributed by atoms with E-state index in [-0.39, 0.29) is 41.7 Å². The number of benzene rings is 2. The lowest BCUT2D eigenvalue weighted by atomic mass is 10.1. The van der Waals surface area contributed by atoms with Gasteiger partial charge in [0.25, 0.3) is 17.7 Å². The molecule has 1 unspecified atom stereocenters. The molecule has 4 aromatic rings. The zero-order valence-electron chi connectivity index (χ0n) is 32.5. The molecule has 4 heterocycles. The second-order valence-corrected chi connectivity index (χ2v) is 15.2. The Bertz CT molecular complexity index is 2090. The van der Waals surface area contributed by atoms with Crippen molar-refractivity contribution in [3.05, 3.63) is 83.4 Å². The van der Waals surface area contributed by atoms with Crippen molar-refractivity contribution in [2.45, 2.75) is 71.4 Å². The van der Waals surface area contributed by atoms with E-state index in [2.05, 4.69) is 20.9 Å². The molecule has 0 bridgehead atoms. The van der Waals surface area contributed by atoms with Crippen LogP contribution in [0.5, 0.6) is 5.75 Å². The molecule has 2 aliphatic rings. The fourth-order valence-corrected chi connectivity index (χ4v) is 6.76. The number of aryl methyl sites for hydroxylation is 3. The van der Waals surface area contributed by atoms with E-state index in [1.54, 1.807) is 34.5 Å². The first-order valence-corrected chi connectivity index (χ1v) is 18.8. The molecule has 1 saturated heterocycles. The largest absolute Gasteiger partial charge is 0.493 e. The average molecular weight is 750 g/mol. The van der Waals surface area contributed by atoms with Crippen LogP contribution in [-0.4, -0.2) is 81.8 Å². The summed E-state index contributed by atoms with van der Waals surface area (Å²) in [5.74, 6) is -0.0179. The van der Waals surface area contributed by atoms with Crippen LogP contribution in [0, 0.1) is 6.92 Å². The van der Waals surface area contributed by atoms with Crippen LogP contribution in [0.4, 0.5) is 17.1 Å². The summed E-state index contributed by atoms with van der Waals surface area (Å²) in [6, 6.07) is 14.6. The van der Waals surface area contributed by atoms with Crippen molar-refractivity contribution in [2.24, 2.45) is 19.1 Å². The van der Waals surface area contributed by atoms with E-state index in [1.165, 1.54) is 0 Å². The Labute approximate surface area is 322 Å². The number of amides is 4. The molecule has 55 heavy (non-hydrogen) atoms. The Hall–Kier alpha value is -5.69. The number of fused-ring (bicyclic) bond motifs is 2. The van der Waals surface area contributed by atoms with Gasteiger partial charge >= 0.3 is 0 Å². The van der Waals surface area contributed by atoms with Crippen molar-refractivity contribution in [1.29, 1.82) is 0 Å². The molecule has 2 aliphatic heterocycles. The van der Waals surface area contributed by atoms with E-state index >= 15 is 0 Å². The molecule has 0 radical (unpaired) electrons. The number of nitrogens with one attached hydrogen (secondary N) is 3. The van der Waals surface area contributed by atoms with Crippen LogP contribution >= 0.6 is 0 Å². The number of anilines is 2. The highest BCUT2D eigenvalue weighted by molar-refractivity contribution is 6.05. The molecule has 0 aliphatic carbocycles. The number of hydrogen-bond donors (Lipinski definition) is 3. The third-order valence-corrected chi connectivity index (χ3v) is 9.65. The van der Waals surface area contributed by atoms with Crippen LogP contribution in [-0.2, 0) is 23.6 Å². The Kier molecular flexibility index (Phi) is 11.9. The number of rotatable bonds is 14. The SMILES string of the molecule is Cc1cc2c(cc1OCCCC(=O)Nc1cc(C(=O)Nc3ccc(-c4cc(C(=O)NCCCOC(C)(C)C)n(C)c4)cc3)n(C)c1)N=CC1CCCN1C2=O. The number of aliphatic imine (C=N–C) groups is 1. The van der Waals surface area contributed by atoms with Gasteiger partial charge in [0.05, 0.1) is 35.2 Å². The summed E-state index contributed by atoms with van der Waals surface area (Å²) >= 11 is 0. The van der Waals surface area contributed by atoms with Gasteiger partial charge in [-0.2, -0.15) is 0 Å². The van der Waals surface area contributed by atoms with Crippen molar-refractivity contribution in [3.63, 3.8) is 0 Å². The highest BCUT2D eigenvalue weighted by Crippen LogP contribution is 2.34. The summed E-state index contributed by atoms with van der Waals surface area (Å²) in [7, 11) is 3.58. The predicted octanol–water partition coefficient (Wildman–Crippen LogP) is 6.64. The molecule has 2 aromatic carbocycles. The first-order chi connectivity index (χ1) is 26.3. The lowest BCUT2D eigenvalue weighted by Crippen LogP contribution is -2.35. The fraction of sp³-hybridized carbons (Fsp3) is 0.405. The zero-order chi connectivity index (χ0) is 39.3. The maximum atomic E-state index is 13.2. The van der Waals surface area contributed by atoms with Gasteiger partial charge in [0.1, 0.15) is 17.1 Å². The third-order valence-electron chi connectivity index (χ3n) is 9.65. The van der Waals surface area contributed by atoms with Gasteiger partial charge in [-0.25, -0.2) is 0 Å². The number of nitrogens with zero attached hydrogens (tertiary/aromatic N) is 4. The molecule has 13 heteroatoms. The summed E-state index contributed by atoms with van der Waals surface area (Å²) in [6.07, 6.45) is 8.79. The number of ether oxygens (including phenoxy) is 2. The second kappa shape index (κ2) is 16.8. The van der Waals surface area contributed by atoms with Gasteiger partial charge in [0.15, 0.2) is 0 Å². The van der Waals surface area contributed by atoms with Crippen molar-refractivity contribution in [2.75, 3.05) is 36.9 Å². The number of hydrogen-bond acceptors (Lipinski definition) is 7. The van der Waals surface area contributed by atoms with E-state index in [0.717, 1.165) is 42.5 Å². The molecule has 290 valence electrons. The topological polar surface area (TPSA) is 148 Å². The Morgan fingerprint density at radius 2 is 1.62 bits per heavy atom. The highest BCUT2D eigenvalue weighted by Gasteiger charge is 2.32. The van der Waals surface area contributed by atoms with Crippen LogP contribution in [0.25, 0.3) is 11.1 Å². The normalized spacial score (nSPS) is 15.0. The van der Waals surface area contributed by atoms with Crippen LogP contribution in [0.3, 0.4) is 0 Å². The average Bonchev–Trinajstić information content (AvgIpc) is 3.85. The standard InChI is InChI=1S/C42H51N7O6/c1-27-20-33-34(44-24-32-10-7-17-49(32)41(33)53)23-37(27)54-18-8-11-38(50)45-31-22-36(48(6)26-31)40(52)46-30-14-12-28(13-15-30)29-21-35(47(5)25-29)39(51)43-16-9-19-55-42(2,3)4/h12-15,20-26,32H,7-11,16-19H2,1-6H3,(H,43,51)(H,45,50)(H,46,52). The monoisotopic (exact) mass is 749 g/mol. The molecular formula is C42H51N7O6. The molecule has 6 rings (SSSR count). The molecule has 3 N–H and O–H groups in total. The number of aromatic nitrogens is 2. The molecule has 1 fully saturated rings. The fourth-order valence-electron chi connectivity index (χ4n) is 6.76. The number of carbonyl (C=O) groups is 4. The summed E-state index contributed by atoms with van der Waals surface area (Å²) in [5.41, 5.74) is 5.67. The molecule has 1 atom stereocenters. The Balaban J connectivity index is 0.957. The Morgan fingerprint density at radius 3 is 2.38 bits per heavy atom. The summed E-state index contributed by atoms with van der Waals surface area (Å²) in [4.78, 5) is 58.3. The smallest absolute Gasteiger partial charge is 0.272 e. The lowest BCUT2D eigenvalue weighted by molar-refractivity contribution is -0.116. The van der Waals surface area contributed by atoms with E-state index in [4.69, 9.17) is 9.47 Å². The second-order valence-electron chi connectivity index (χ2n) is 15.2. The van der Waals surface area contributed by atoms with E-state index < -0.39 is 0 Å². The number of carbonyl (C=O) groups excluding carboxylic acids is 4. The van der Waals surface area contributed by atoms with Crippen LogP contribution in [0.2, 0.25) is 0 Å². The lowest BCUT2D eigenvalue weighted by Gasteiger charge is -2.20. The summed E-state index contributed by atoms with van der Waals surface area (Å²) < 4.78 is 15.2. The van der Waals surface area contributed by atoms with Gasteiger partial charge in [0, 0.05) is 76.1 Å². The van der Waals surface area contributed by atoms with Crippen molar-refractivity contribution >= 4 is 46.9 Å². The van der Waals surface area contributed by atoms with Crippen LogP contribution in [0.1, 0.15) is 89.8 Å². The predicted molar refractivity (Wildman–Crippen MR) is 214 cm³/mol. The minimum absolute atomic E-state index is 0.00755. The minimum atomic E-state index is -0.321. The first kappa shape index (κ1) is 39.0. The van der Waals surface area contributed by atoms with Gasteiger partial charge in [-0.15, -0.1) is 0 Å². The summed E-state index contributed by atoms with van der Waals surface area (Å²) in [5, 5.41) is 8.75. The molecule has 2 aromatic heterocycles. The maximum absolute atomic E-state index is 13.2. The molecular weight excluding hydrogens is 699 g/mol. The molecule has 13 nitrogen and oxygen atoms in total. The minimum Gasteiger partial charge on any atom is -0.493 e. The van der Waals surface area contributed by atoms with Gasteiger partial charge < -0.3 is 39.5 Å². The van der Waals surface area contributed by atoms with E-state index in [0.29, 0.717) is 65.9 Å². The zero-order valence-corrected chi connectivity index (χ0v) is 32.5. The highest BCUT2D eigenvalue weighted by atomic mass is 16.5. The Morgan fingerprint density at radius 1 is 0.873 bits per heavy atom. The molecule has 0 saturated carbocycles. The third kappa shape index (κ3) is 9.71.